The van der Waals surface area contributed by atoms with E-state index in [0.717, 1.165) is 49.4 Å². The third kappa shape index (κ3) is 1.89. The van der Waals surface area contributed by atoms with Crippen LogP contribution in [0.15, 0.2) is 18.2 Å². The first-order valence-electron chi connectivity index (χ1n) is 7.29. The Hall–Kier alpha value is -1.59. The van der Waals surface area contributed by atoms with Crippen LogP contribution >= 0.6 is 0 Å². The summed E-state index contributed by atoms with van der Waals surface area (Å²) in [6.45, 7) is 2.08. The number of nitrogens with zero attached hydrogens (tertiary/aromatic N) is 1. The number of hydrogen-bond donors (Lipinski definition) is 2. The van der Waals surface area contributed by atoms with Gasteiger partial charge in [-0.3, -0.25) is 4.98 Å². The Bertz CT molecular complexity index is 606. The highest BCUT2D eigenvalue weighted by Gasteiger charge is 2.32. The summed E-state index contributed by atoms with van der Waals surface area (Å²) in [6.07, 6.45) is 9.15. The van der Waals surface area contributed by atoms with Crippen molar-refractivity contribution >= 4 is 18.8 Å². The molecule has 1 fully saturated rings. The maximum Gasteiger partial charge on any atom is 0.552 e. The lowest BCUT2D eigenvalue weighted by atomic mass is 9.74. The maximum atomic E-state index is 9.95. The fraction of sp³-hybridized carbons (Fsp3) is 0.400. The zero-order valence-electron chi connectivity index (χ0n) is 11.3. The number of fused-ring (bicyclic) bond motifs is 3. The van der Waals surface area contributed by atoms with Crippen molar-refractivity contribution in [1.82, 2.24) is 10.3 Å². The van der Waals surface area contributed by atoms with E-state index >= 15 is 0 Å². The molecule has 102 valence electrons. The van der Waals surface area contributed by atoms with Gasteiger partial charge >= 0.3 is 7.12 Å². The van der Waals surface area contributed by atoms with E-state index in [1.807, 2.05) is 5.98 Å². The van der Waals surface area contributed by atoms with Crippen molar-refractivity contribution in [1.29, 1.82) is 0 Å². The van der Waals surface area contributed by atoms with Crippen molar-refractivity contribution in [3.05, 3.63) is 35.1 Å². The molecular formula is C15H17BN2O2. The number of aromatic nitrogens is 1. The van der Waals surface area contributed by atoms with Crippen molar-refractivity contribution in [2.75, 3.05) is 13.1 Å². The second-order valence-corrected chi connectivity index (χ2v) is 5.62. The molecule has 2 N–H and O–H groups in total. The Morgan fingerprint density at radius 1 is 1.35 bits per heavy atom. The first kappa shape index (κ1) is 12.2. The predicted octanol–water partition coefficient (Wildman–Crippen LogP) is 1.45. The van der Waals surface area contributed by atoms with Gasteiger partial charge < -0.3 is 15.0 Å². The first-order chi connectivity index (χ1) is 9.83. The topological polar surface area (TPSA) is 54.4 Å². The third-order valence-corrected chi connectivity index (χ3v) is 4.40. The van der Waals surface area contributed by atoms with Gasteiger partial charge in [-0.05, 0) is 43.4 Å². The van der Waals surface area contributed by atoms with Crippen LogP contribution in [0.4, 0.5) is 0 Å². The molecule has 0 bridgehead atoms. The molecule has 5 heteroatoms. The van der Waals surface area contributed by atoms with Gasteiger partial charge in [0.1, 0.15) is 5.75 Å². The zero-order valence-corrected chi connectivity index (χ0v) is 11.3. The van der Waals surface area contributed by atoms with Crippen LogP contribution in [-0.2, 0) is 6.42 Å². The number of piperidine rings is 1. The van der Waals surface area contributed by atoms with Gasteiger partial charge in [0.2, 0.25) is 0 Å². The molecule has 4 nitrogen and oxygen atoms in total. The summed E-state index contributed by atoms with van der Waals surface area (Å²) in [5.41, 5.74) is 4.69. The molecule has 1 aromatic rings. The van der Waals surface area contributed by atoms with Gasteiger partial charge in [-0.15, -0.1) is 0 Å². The minimum absolute atomic E-state index is 0.494. The van der Waals surface area contributed by atoms with Gasteiger partial charge in [0.15, 0.2) is 0 Å². The Morgan fingerprint density at radius 3 is 3.05 bits per heavy atom. The molecule has 0 amide bonds. The average Bonchev–Trinajstić information content (AvgIpc) is 2.95. The van der Waals surface area contributed by atoms with E-state index in [1.54, 1.807) is 6.20 Å². The van der Waals surface area contributed by atoms with Crippen molar-refractivity contribution in [2.24, 2.45) is 5.92 Å². The largest absolute Gasteiger partial charge is 0.552 e. The molecule has 4 rings (SSSR count). The Kier molecular flexibility index (Phi) is 2.90. The molecule has 1 saturated heterocycles. The Labute approximate surface area is 118 Å². The quantitative estimate of drug-likeness (QED) is 0.757. The molecular weight excluding hydrogens is 251 g/mol. The van der Waals surface area contributed by atoms with Gasteiger partial charge in [0, 0.05) is 17.5 Å². The van der Waals surface area contributed by atoms with Crippen LogP contribution in [0.3, 0.4) is 0 Å². The molecule has 1 aliphatic carbocycles. The number of allylic oxidation sites excluding steroid dienone is 2. The molecule has 0 unspecified atom stereocenters. The number of hydrogen-bond acceptors (Lipinski definition) is 4. The van der Waals surface area contributed by atoms with Crippen LogP contribution < -0.4 is 9.97 Å². The summed E-state index contributed by atoms with van der Waals surface area (Å²) in [5.74, 6) is 3.10. The average molecular weight is 268 g/mol. The van der Waals surface area contributed by atoms with Crippen LogP contribution in [0.5, 0.6) is 5.75 Å². The molecule has 0 spiro atoms. The monoisotopic (exact) mass is 268 g/mol. The van der Waals surface area contributed by atoms with Gasteiger partial charge in [-0.1, -0.05) is 12.2 Å². The SMILES string of the molecule is OB1C=C(C2CCNCC2)c2c(cnc3c2C=CC3)O1. The van der Waals surface area contributed by atoms with Crippen LogP contribution in [0.2, 0.25) is 0 Å². The fourth-order valence-corrected chi connectivity index (χ4v) is 3.44. The predicted molar refractivity (Wildman–Crippen MR) is 79.1 cm³/mol. The van der Waals surface area contributed by atoms with E-state index in [2.05, 4.69) is 22.5 Å². The molecule has 0 aromatic carbocycles. The van der Waals surface area contributed by atoms with Crippen molar-refractivity contribution in [3.8, 4) is 5.75 Å². The number of rotatable bonds is 1. The van der Waals surface area contributed by atoms with Crippen LogP contribution in [0.1, 0.15) is 29.7 Å². The first-order valence-corrected chi connectivity index (χ1v) is 7.29. The summed E-state index contributed by atoms with van der Waals surface area (Å²) in [7, 11) is -0.849. The summed E-state index contributed by atoms with van der Waals surface area (Å²) < 4.78 is 5.55. The summed E-state index contributed by atoms with van der Waals surface area (Å²) in [5, 5.41) is 13.3. The maximum absolute atomic E-state index is 9.95. The van der Waals surface area contributed by atoms with E-state index in [9.17, 15) is 5.02 Å². The minimum Gasteiger partial charge on any atom is -0.531 e. The van der Waals surface area contributed by atoms with Gasteiger partial charge in [-0.2, -0.15) is 0 Å². The number of nitrogens with one attached hydrogen (secondary N) is 1. The summed E-state index contributed by atoms with van der Waals surface area (Å²) >= 11 is 0. The molecule has 0 saturated carbocycles. The Morgan fingerprint density at radius 2 is 2.20 bits per heavy atom. The highest BCUT2D eigenvalue weighted by atomic mass is 16.5. The smallest absolute Gasteiger partial charge is 0.531 e. The molecule has 2 aliphatic heterocycles. The lowest BCUT2D eigenvalue weighted by molar-refractivity contribution is 0.416. The lowest BCUT2D eigenvalue weighted by Crippen LogP contribution is -2.31. The third-order valence-electron chi connectivity index (χ3n) is 4.40. The van der Waals surface area contributed by atoms with E-state index in [-0.39, 0.29) is 0 Å². The Balaban J connectivity index is 1.83. The summed E-state index contributed by atoms with van der Waals surface area (Å²) in [6, 6.07) is 0. The molecule has 3 heterocycles. The van der Waals surface area contributed by atoms with Gasteiger partial charge in [-0.25, -0.2) is 0 Å². The number of pyridine rings is 1. The van der Waals surface area contributed by atoms with Crippen LogP contribution in [0.25, 0.3) is 11.6 Å². The highest BCUT2D eigenvalue weighted by molar-refractivity contribution is 6.52. The normalized spacial score (nSPS) is 21.2. The standard InChI is InChI=1S/C15H17BN2O2/c19-16-8-12(10-4-6-17-7-5-10)15-11-2-1-3-13(11)18-9-14(15)20-16/h1-2,8-10,17,19H,3-7H2. The van der Waals surface area contributed by atoms with Crippen LogP contribution in [0, 0.1) is 5.92 Å². The lowest BCUT2D eigenvalue weighted by Gasteiger charge is -2.30. The zero-order chi connectivity index (χ0) is 13.5. The highest BCUT2D eigenvalue weighted by Crippen LogP contribution is 2.42. The summed E-state index contributed by atoms with van der Waals surface area (Å²) in [4.78, 5) is 4.45. The fourth-order valence-electron chi connectivity index (χ4n) is 3.44. The van der Waals surface area contributed by atoms with E-state index < -0.39 is 7.12 Å². The van der Waals surface area contributed by atoms with Gasteiger partial charge in [0.25, 0.3) is 0 Å². The molecule has 1 aromatic heterocycles. The second-order valence-electron chi connectivity index (χ2n) is 5.62. The molecule has 3 aliphatic rings. The van der Waals surface area contributed by atoms with Gasteiger partial charge in [0.05, 0.1) is 11.9 Å². The van der Waals surface area contributed by atoms with Crippen LogP contribution in [-0.4, -0.2) is 30.2 Å². The van der Waals surface area contributed by atoms with Crippen molar-refractivity contribution in [3.63, 3.8) is 0 Å². The van der Waals surface area contributed by atoms with E-state index in [0.29, 0.717) is 5.92 Å². The molecule has 0 atom stereocenters. The van der Waals surface area contributed by atoms with Crippen molar-refractivity contribution < 1.29 is 9.68 Å². The van der Waals surface area contributed by atoms with E-state index in [4.69, 9.17) is 4.65 Å². The minimum atomic E-state index is -0.849. The molecule has 0 radical (unpaired) electrons. The van der Waals surface area contributed by atoms with E-state index in [1.165, 1.54) is 11.1 Å². The molecule has 20 heavy (non-hydrogen) atoms. The second kappa shape index (κ2) is 4.75. The van der Waals surface area contributed by atoms with Crippen molar-refractivity contribution in [2.45, 2.75) is 19.3 Å².